The fraction of sp³-hybridized carbons (Fsp3) is 0.0667. The van der Waals surface area contributed by atoms with Gasteiger partial charge in [0, 0.05) is 33.4 Å². The van der Waals surface area contributed by atoms with E-state index in [0.717, 1.165) is 22.2 Å². The minimum atomic E-state index is 0.539. The molecule has 0 aliphatic carbocycles. The van der Waals surface area contributed by atoms with Gasteiger partial charge < -0.3 is 4.74 Å². The van der Waals surface area contributed by atoms with E-state index in [1.165, 1.54) is 0 Å². The van der Waals surface area contributed by atoms with Gasteiger partial charge in [0.05, 0.1) is 12.6 Å². The molecule has 0 unspecified atom stereocenters. The molecule has 0 saturated heterocycles. The van der Waals surface area contributed by atoms with E-state index in [1.807, 2.05) is 18.2 Å². The van der Waals surface area contributed by atoms with Crippen molar-refractivity contribution in [2.24, 2.45) is 0 Å². The molecule has 3 nitrogen and oxygen atoms in total. The Morgan fingerprint density at radius 1 is 1.00 bits per heavy atom. The molecule has 3 rings (SSSR count). The number of benzene rings is 1. The van der Waals surface area contributed by atoms with Crippen molar-refractivity contribution in [2.75, 3.05) is 7.11 Å². The smallest absolute Gasteiger partial charge is 0.213 e. The fourth-order valence-corrected chi connectivity index (χ4v) is 2.56. The van der Waals surface area contributed by atoms with Crippen LogP contribution in [0.4, 0.5) is 0 Å². The van der Waals surface area contributed by atoms with Gasteiger partial charge in [0.2, 0.25) is 5.88 Å². The maximum absolute atomic E-state index is 6.27. The average molecular weight is 305 g/mol. The number of aromatic nitrogens is 2. The highest BCUT2D eigenvalue weighted by Gasteiger charge is 2.10. The van der Waals surface area contributed by atoms with Crippen LogP contribution in [0.1, 0.15) is 0 Å². The molecule has 0 spiro atoms. The number of fused-ring (bicyclic) bond motifs is 1. The maximum atomic E-state index is 6.27. The Labute approximate surface area is 126 Å². The number of nitrogens with zero attached hydrogens (tertiary/aromatic N) is 2. The molecule has 1 aromatic carbocycles. The summed E-state index contributed by atoms with van der Waals surface area (Å²) in [5, 5.41) is 1.18. The van der Waals surface area contributed by atoms with Crippen molar-refractivity contribution in [2.45, 2.75) is 0 Å². The van der Waals surface area contributed by atoms with E-state index < -0.39 is 0 Å². The molecule has 100 valence electrons. The highest BCUT2D eigenvalue weighted by Crippen LogP contribution is 2.34. The summed E-state index contributed by atoms with van der Waals surface area (Å²) in [6, 6.07) is 10.9. The Balaban J connectivity index is 2.29. The number of hydrogen-bond acceptors (Lipinski definition) is 3. The second-order valence-corrected chi connectivity index (χ2v) is 5.05. The summed E-state index contributed by atoms with van der Waals surface area (Å²) in [5.41, 5.74) is 3.30. The molecule has 0 fully saturated rings. The molecule has 0 bridgehead atoms. The summed E-state index contributed by atoms with van der Waals surface area (Å²) in [6.45, 7) is 0. The van der Waals surface area contributed by atoms with Gasteiger partial charge in [-0.25, -0.2) is 4.98 Å². The van der Waals surface area contributed by atoms with Gasteiger partial charge >= 0.3 is 0 Å². The largest absolute Gasteiger partial charge is 0.481 e. The lowest BCUT2D eigenvalue weighted by molar-refractivity contribution is 0.399. The zero-order valence-corrected chi connectivity index (χ0v) is 12.1. The number of halogens is 2. The van der Waals surface area contributed by atoms with Gasteiger partial charge in [-0.3, -0.25) is 4.98 Å². The number of hydrogen-bond donors (Lipinski definition) is 0. The summed E-state index contributed by atoms with van der Waals surface area (Å²) in [5.74, 6) is 0.539. The molecular formula is C15H10Cl2N2O. The molecule has 0 amide bonds. The third kappa shape index (κ3) is 2.30. The molecule has 0 N–H and O–H groups in total. The standard InChI is InChI=1S/C15H10Cl2N2O/c1-20-14-5-4-13-15(19-14)11(6-7-18-13)10-3-2-9(16)8-12(10)17/h2-8H,1H3. The first-order valence-electron chi connectivity index (χ1n) is 5.94. The van der Waals surface area contributed by atoms with Gasteiger partial charge in [0.25, 0.3) is 0 Å². The first kappa shape index (κ1) is 13.2. The van der Waals surface area contributed by atoms with Crippen LogP contribution in [0.25, 0.3) is 22.2 Å². The highest BCUT2D eigenvalue weighted by molar-refractivity contribution is 6.36. The van der Waals surface area contributed by atoms with E-state index in [9.17, 15) is 0 Å². The Morgan fingerprint density at radius 3 is 2.60 bits per heavy atom. The minimum Gasteiger partial charge on any atom is -0.481 e. The molecule has 0 atom stereocenters. The van der Waals surface area contributed by atoms with Crippen LogP contribution in [0.5, 0.6) is 5.88 Å². The molecule has 0 aliphatic rings. The van der Waals surface area contributed by atoms with Crippen LogP contribution in [0.3, 0.4) is 0 Å². The van der Waals surface area contributed by atoms with Crippen LogP contribution in [0.2, 0.25) is 10.0 Å². The first-order valence-corrected chi connectivity index (χ1v) is 6.70. The summed E-state index contributed by atoms with van der Waals surface area (Å²) in [4.78, 5) is 8.76. The van der Waals surface area contributed by atoms with Crippen LogP contribution in [-0.4, -0.2) is 17.1 Å². The second kappa shape index (κ2) is 5.27. The van der Waals surface area contributed by atoms with Crippen LogP contribution >= 0.6 is 23.2 Å². The van der Waals surface area contributed by atoms with Gasteiger partial charge in [-0.2, -0.15) is 0 Å². The van der Waals surface area contributed by atoms with Crippen molar-refractivity contribution in [1.29, 1.82) is 0 Å². The van der Waals surface area contributed by atoms with E-state index in [-0.39, 0.29) is 0 Å². The Kier molecular flexibility index (Phi) is 3.47. The zero-order chi connectivity index (χ0) is 14.1. The molecule has 2 aromatic heterocycles. The van der Waals surface area contributed by atoms with Gasteiger partial charge in [0.1, 0.15) is 5.52 Å². The average Bonchev–Trinajstić information content (AvgIpc) is 2.46. The van der Waals surface area contributed by atoms with Crippen LogP contribution in [0.15, 0.2) is 42.6 Å². The molecule has 0 saturated carbocycles. The number of methoxy groups -OCH3 is 1. The van der Waals surface area contributed by atoms with Gasteiger partial charge in [-0.05, 0) is 24.3 Å². The highest BCUT2D eigenvalue weighted by atomic mass is 35.5. The van der Waals surface area contributed by atoms with E-state index in [0.29, 0.717) is 15.9 Å². The van der Waals surface area contributed by atoms with Crippen molar-refractivity contribution in [3.63, 3.8) is 0 Å². The number of pyridine rings is 2. The predicted molar refractivity (Wildman–Crippen MR) is 81.5 cm³/mol. The maximum Gasteiger partial charge on any atom is 0.213 e. The molecular weight excluding hydrogens is 295 g/mol. The molecule has 0 radical (unpaired) electrons. The van der Waals surface area contributed by atoms with Crippen molar-refractivity contribution < 1.29 is 4.74 Å². The number of rotatable bonds is 2. The Hall–Kier alpha value is -1.84. The van der Waals surface area contributed by atoms with Crippen molar-refractivity contribution in [1.82, 2.24) is 9.97 Å². The lowest BCUT2D eigenvalue weighted by atomic mass is 10.0. The monoisotopic (exact) mass is 304 g/mol. The fourth-order valence-electron chi connectivity index (χ4n) is 2.05. The summed E-state index contributed by atoms with van der Waals surface area (Å²) in [7, 11) is 1.58. The topological polar surface area (TPSA) is 35.0 Å². The third-order valence-corrected chi connectivity index (χ3v) is 3.54. The van der Waals surface area contributed by atoms with Crippen LogP contribution in [0, 0.1) is 0 Å². The molecule has 20 heavy (non-hydrogen) atoms. The second-order valence-electron chi connectivity index (χ2n) is 4.20. The van der Waals surface area contributed by atoms with E-state index in [4.69, 9.17) is 27.9 Å². The van der Waals surface area contributed by atoms with Gasteiger partial charge in [0.15, 0.2) is 0 Å². The summed E-state index contributed by atoms with van der Waals surface area (Å²) in [6.07, 6.45) is 1.73. The van der Waals surface area contributed by atoms with Crippen LogP contribution < -0.4 is 4.74 Å². The normalized spacial score (nSPS) is 10.8. The SMILES string of the molecule is COc1ccc2nccc(-c3ccc(Cl)cc3Cl)c2n1. The third-order valence-electron chi connectivity index (χ3n) is 2.99. The van der Waals surface area contributed by atoms with Crippen molar-refractivity contribution in [3.05, 3.63) is 52.6 Å². The van der Waals surface area contributed by atoms with Crippen molar-refractivity contribution >= 4 is 34.2 Å². The van der Waals surface area contributed by atoms with Gasteiger partial charge in [-0.1, -0.05) is 29.3 Å². The lowest BCUT2D eigenvalue weighted by Crippen LogP contribution is -1.92. The molecule has 2 heterocycles. The quantitative estimate of drug-likeness (QED) is 0.693. The zero-order valence-electron chi connectivity index (χ0n) is 10.6. The summed E-state index contributed by atoms with van der Waals surface area (Å²) >= 11 is 12.2. The molecule has 5 heteroatoms. The summed E-state index contributed by atoms with van der Waals surface area (Å²) < 4.78 is 5.17. The minimum absolute atomic E-state index is 0.539. The predicted octanol–water partition coefficient (Wildman–Crippen LogP) is 4.61. The van der Waals surface area contributed by atoms with E-state index in [1.54, 1.807) is 31.5 Å². The molecule has 0 aliphatic heterocycles. The number of ether oxygens (including phenoxy) is 1. The lowest BCUT2D eigenvalue weighted by Gasteiger charge is -2.09. The Morgan fingerprint density at radius 2 is 1.85 bits per heavy atom. The van der Waals surface area contributed by atoms with Gasteiger partial charge in [-0.15, -0.1) is 0 Å². The van der Waals surface area contributed by atoms with E-state index in [2.05, 4.69) is 9.97 Å². The molecule has 3 aromatic rings. The van der Waals surface area contributed by atoms with Crippen LogP contribution in [-0.2, 0) is 0 Å². The Bertz CT molecular complexity index is 790. The van der Waals surface area contributed by atoms with E-state index >= 15 is 0 Å². The van der Waals surface area contributed by atoms with Crippen molar-refractivity contribution in [3.8, 4) is 17.0 Å². The first-order chi connectivity index (χ1) is 9.69.